The average molecular weight is 350 g/mol. The molecule has 0 radical (unpaired) electrons. The van der Waals surface area contributed by atoms with E-state index in [1.165, 1.54) is 20.1 Å². The Hall–Kier alpha value is -1.96. The lowest BCUT2D eigenvalue weighted by Crippen LogP contribution is -2.48. The molecule has 0 aliphatic carbocycles. The van der Waals surface area contributed by atoms with E-state index in [1.807, 2.05) is 24.3 Å². The number of hydrogen-bond acceptors (Lipinski definition) is 4. The van der Waals surface area contributed by atoms with E-state index < -0.39 is 22.0 Å². The molecule has 0 aliphatic rings. The Morgan fingerprint density at radius 1 is 1.12 bits per heavy atom. The van der Waals surface area contributed by atoms with Crippen molar-refractivity contribution in [3.63, 3.8) is 0 Å². The van der Waals surface area contributed by atoms with Gasteiger partial charge < -0.3 is 10.1 Å². The van der Waals surface area contributed by atoms with Crippen LogP contribution >= 0.6 is 0 Å². The highest BCUT2D eigenvalue weighted by atomic mass is 32.2. The zero-order valence-corrected chi connectivity index (χ0v) is 14.8. The third-order valence-electron chi connectivity index (χ3n) is 3.56. The van der Waals surface area contributed by atoms with Crippen LogP contribution in [0.25, 0.3) is 10.8 Å². The Balaban J connectivity index is 2.12. The number of ether oxygens (including phenoxy) is 1. The van der Waals surface area contributed by atoms with Gasteiger partial charge in [0.05, 0.1) is 17.5 Å². The molecule has 2 aromatic carbocycles. The van der Waals surface area contributed by atoms with Crippen LogP contribution in [-0.4, -0.2) is 40.1 Å². The van der Waals surface area contributed by atoms with Gasteiger partial charge in [-0.1, -0.05) is 30.3 Å². The summed E-state index contributed by atoms with van der Waals surface area (Å²) in [5.74, 6) is -0.399. The van der Waals surface area contributed by atoms with Crippen LogP contribution in [0.5, 0.6) is 0 Å². The van der Waals surface area contributed by atoms with Crippen molar-refractivity contribution < 1.29 is 17.9 Å². The van der Waals surface area contributed by atoms with Crippen LogP contribution in [0.15, 0.2) is 47.4 Å². The Bertz CT molecular complexity index is 820. The zero-order chi connectivity index (χ0) is 17.7. The highest BCUT2D eigenvalue weighted by molar-refractivity contribution is 7.89. The van der Waals surface area contributed by atoms with Crippen molar-refractivity contribution in [3.8, 4) is 0 Å². The summed E-state index contributed by atoms with van der Waals surface area (Å²) in [5, 5.41) is 4.47. The summed E-state index contributed by atoms with van der Waals surface area (Å²) < 4.78 is 32.3. The zero-order valence-electron chi connectivity index (χ0n) is 13.9. The molecule has 0 spiro atoms. The fourth-order valence-electron chi connectivity index (χ4n) is 2.35. The molecule has 130 valence electrons. The quantitative estimate of drug-likeness (QED) is 0.795. The van der Waals surface area contributed by atoms with Crippen LogP contribution in [0.3, 0.4) is 0 Å². The number of amides is 1. The Labute approximate surface area is 142 Å². The number of fused-ring (bicyclic) bond motifs is 1. The van der Waals surface area contributed by atoms with E-state index in [0.717, 1.165) is 10.8 Å². The maximum Gasteiger partial charge on any atom is 0.241 e. The molecule has 7 heteroatoms. The Kier molecular flexibility index (Phi) is 5.93. The minimum Gasteiger partial charge on any atom is -0.383 e. The van der Waals surface area contributed by atoms with Crippen molar-refractivity contribution in [2.75, 3.05) is 13.7 Å². The number of carbonyl (C=O) groups excluding carboxylic acids is 1. The summed E-state index contributed by atoms with van der Waals surface area (Å²) in [7, 11) is -2.25. The van der Waals surface area contributed by atoms with Gasteiger partial charge in [-0.05, 0) is 36.8 Å². The lowest BCUT2D eigenvalue weighted by Gasteiger charge is -2.18. The highest BCUT2D eigenvalue weighted by Crippen LogP contribution is 2.19. The van der Waals surface area contributed by atoms with Gasteiger partial charge >= 0.3 is 0 Å². The molecule has 0 saturated heterocycles. The predicted octanol–water partition coefficient (Wildman–Crippen LogP) is 1.66. The van der Waals surface area contributed by atoms with Crippen LogP contribution in [0, 0.1) is 0 Å². The van der Waals surface area contributed by atoms with Crippen LogP contribution in [-0.2, 0) is 19.6 Å². The van der Waals surface area contributed by atoms with Gasteiger partial charge in [0, 0.05) is 13.2 Å². The molecule has 1 amide bonds. The second-order valence-corrected chi connectivity index (χ2v) is 7.43. The summed E-state index contributed by atoms with van der Waals surface area (Å²) in [6.45, 7) is 3.65. The molecule has 0 saturated carbocycles. The first kappa shape index (κ1) is 18.4. The Morgan fingerprint density at radius 3 is 2.46 bits per heavy atom. The number of carbonyl (C=O) groups is 1. The SMILES string of the molecule is COC[C@@H](C)NC(=O)[C@H](C)NS(=O)(=O)c1ccc2ccccc2c1. The van der Waals surface area contributed by atoms with Gasteiger partial charge in [-0.15, -0.1) is 0 Å². The monoisotopic (exact) mass is 350 g/mol. The summed E-state index contributed by atoms with van der Waals surface area (Å²) in [6, 6.07) is 11.3. The molecule has 0 unspecified atom stereocenters. The van der Waals surface area contributed by atoms with Gasteiger partial charge in [0.15, 0.2) is 0 Å². The van der Waals surface area contributed by atoms with Crippen LogP contribution in [0.2, 0.25) is 0 Å². The van der Waals surface area contributed by atoms with Gasteiger partial charge in [0.25, 0.3) is 0 Å². The minimum absolute atomic E-state index is 0.130. The fourth-order valence-corrected chi connectivity index (χ4v) is 3.59. The van der Waals surface area contributed by atoms with E-state index in [-0.39, 0.29) is 10.9 Å². The van der Waals surface area contributed by atoms with Gasteiger partial charge in [-0.25, -0.2) is 8.42 Å². The second kappa shape index (κ2) is 7.74. The summed E-state index contributed by atoms with van der Waals surface area (Å²) >= 11 is 0. The first-order valence-corrected chi connectivity index (χ1v) is 9.12. The second-order valence-electron chi connectivity index (χ2n) is 5.72. The first-order valence-electron chi connectivity index (χ1n) is 7.64. The molecular formula is C17H22N2O4S. The maximum absolute atomic E-state index is 12.5. The lowest BCUT2D eigenvalue weighted by atomic mass is 10.1. The third-order valence-corrected chi connectivity index (χ3v) is 5.10. The number of sulfonamides is 1. The molecular weight excluding hydrogens is 328 g/mol. The number of rotatable bonds is 7. The van der Waals surface area contributed by atoms with Crippen LogP contribution in [0.4, 0.5) is 0 Å². The van der Waals surface area contributed by atoms with Gasteiger partial charge in [0.1, 0.15) is 0 Å². The molecule has 2 atom stereocenters. The fraction of sp³-hybridized carbons (Fsp3) is 0.353. The molecule has 2 aromatic rings. The number of hydrogen-bond donors (Lipinski definition) is 2. The standard InChI is InChI=1S/C17H22N2O4S/c1-12(11-23-3)18-17(20)13(2)19-24(21,22)16-9-8-14-6-4-5-7-15(14)10-16/h4-10,12-13,19H,11H2,1-3H3,(H,18,20)/t12-,13+/m1/s1. The van der Waals surface area contributed by atoms with Crippen molar-refractivity contribution in [1.82, 2.24) is 10.0 Å². The van der Waals surface area contributed by atoms with E-state index in [0.29, 0.717) is 6.61 Å². The molecule has 2 rings (SSSR count). The number of benzene rings is 2. The van der Waals surface area contributed by atoms with Crippen molar-refractivity contribution in [3.05, 3.63) is 42.5 Å². The summed E-state index contributed by atoms with van der Waals surface area (Å²) in [6.07, 6.45) is 0. The summed E-state index contributed by atoms with van der Waals surface area (Å²) in [4.78, 5) is 12.2. The average Bonchev–Trinajstić information content (AvgIpc) is 2.54. The largest absolute Gasteiger partial charge is 0.383 e. The molecule has 0 aliphatic heterocycles. The van der Waals surface area contributed by atoms with Gasteiger partial charge in [0.2, 0.25) is 15.9 Å². The van der Waals surface area contributed by atoms with Gasteiger partial charge in [-0.2, -0.15) is 4.72 Å². The first-order chi connectivity index (χ1) is 11.3. The van der Waals surface area contributed by atoms with Gasteiger partial charge in [-0.3, -0.25) is 4.79 Å². The van der Waals surface area contributed by atoms with E-state index >= 15 is 0 Å². The third kappa shape index (κ3) is 4.53. The molecule has 24 heavy (non-hydrogen) atoms. The Morgan fingerprint density at radius 2 is 1.79 bits per heavy atom. The molecule has 0 heterocycles. The van der Waals surface area contributed by atoms with Crippen LogP contribution in [0.1, 0.15) is 13.8 Å². The molecule has 0 bridgehead atoms. The molecule has 0 aromatic heterocycles. The van der Waals surface area contributed by atoms with Crippen molar-refractivity contribution in [1.29, 1.82) is 0 Å². The lowest BCUT2D eigenvalue weighted by molar-refractivity contribution is -0.123. The topological polar surface area (TPSA) is 84.5 Å². The molecule has 0 fully saturated rings. The van der Waals surface area contributed by atoms with E-state index in [9.17, 15) is 13.2 Å². The smallest absolute Gasteiger partial charge is 0.241 e. The van der Waals surface area contributed by atoms with Crippen molar-refractivity contribution >= 4 is 26.7 Å². The minimum atomic E-state index is -3.79. The van der Waals surface area contributed by atoms with Crippen molar-refractivity contribution in [2.24, 2.45) is 0 Å². The predicted molar refractivity (Wildman–Crippen MR) is 93.2 cm³/mol. The maximum atomic E-state index is 12.5. The van der Waals surface area contributed by atoms with Crippen LogP contribution < -0.4 is 10.0 Å². The highest BCUT2D eigenvalue weighted by Gasteiger charge is 2.23. The van der Waals surface area contributed by atoms with E-state index in [2.05, 4.69) is 10.0 Å². The van der Waals surface area contributed by atoms with Crippen molar-refractivity contribution in [2.45, 2.75) is 30.8 Å². The van der Waals surface area contributed by atoms with E-state index in [4.69, 9.17) is 4.74 Å². The molecule has 2 N–H and O–H groups in total. The van der Waals surface area contributed by atoms with E-state index in [1.54, 1.807) is 19.1 Å². The number of methoxy groups -OCH3 is 1. The molecule has 6 nitrogen and oxygen atoms in total. The number of nitrogens with one attached hydrogen (secondary N) is 2. The normalized spacial score (nSPS) is 14.3. The summed E-state index contributed by atoms with van der Waals surface area (Å²) in [5.41, 5.74) is 0.